The van der Waals surface area contributed by atoms with E-state index in [-0.39, 0.29) is 6.09 Å². The highest BCUT2D eigenvalue weighted by Gasteiger charge is 1.98. The Kier molecular flexibility index (Phi) is 6.87. The van der Waals surface area contributed by atoms with Crippen LogP contribution in [0.15, 0.2) is 30.3 Å². The summed E-state index contributed by atoms with van der Waals surface area (Å²) in [5, 5.41) is 2.49. The summed E-state index contributed by atoms with van der Waals surface area (Å²) in [6, 6.07) is 10.4. The number of hydrogen-bond donors (Lipinski definition) is 1. The van der Waals surface area contributed by atoms with Crippen LogP contribution in [-0.2, 0) is 11.2 Å². The van der Waals surface area contributed by atoms with Gasteiger partial charge in [-0.05, 0) is 38.2 Å². The topological polar surface area (TPSA) is 38.3 Å². The largest absolute Gasteiger partial charge is 0.450 e. The molecule has 1 N–H and O–H groups in total. The first-order valence-electron chi connectivity index (χ1n) is 6.06. The fourth-order valence-electron chi connectivity index (χ4n) is 1.57. The van der Waals surface area contributed by atoms with E-state index in [1.165, 1.54) is 5.56 Å². The van der Waals surface area contributed by atoms with Crippen LogP contribution in [0.4, 0.5) is 4.79 Å². The fraction of sp³-hybridized carbons (Fsp3) is 0.429. The maximum Gasteiger partial charge on any atom is 0.407 e. The summed E-state index contributed by atoms with van der Waals surface area (Å²) >= 11 is 0. The molecule has 93 valence electrons. The SMILES string of the molecule is [CH2]CNC(=O)OCCCCCc1ccccc1. The lowest BCUT2D eigenvalue weighted by Crippen LogP contribution is -2.24. The number of amides is 1. The Balaban J connectivity index is 1.96. The number of carbonyl (C=O) groups excluding carboxylic acids is 1. The van der Waals surface area contributed by atoms with Gasteiger partial charge in [-0.25, -0.2) is 4.79 Å². The van der Waals surface area contributed by atoms with Crippen molar-refractivity contribution in [1.29, 1.82) is 0 Å². The number of unbranched alkanes of at least 4 members (excludes halogenated alkanes) is 2. The maximum atomic E-state index is 10.9. The zero-order chi connectivity index (χ0) is 12.3. The highest BCUT2D eigenvalue weighted by molar-refractivity contribution is 5.67. The van der Waals surface area contributed by atoms with Gasteiger partial charge in [0.05, 0.1) is 6.61 Å². The number of benzene rings is 1. The Bertz CT molecular complexity index is 311. The van der Waals surface area contributed by atoms with Gasteiger partial charge in [0.1, 0.15) is 0 Å². The van der Waals surface area contributed by atoms with Crippen molar-refractivity contribution < 1.29 is 9.53 Å². The molecule has 0 atom stereocenters. The normalized spacial score (nSPS) is 9.94. The van der Waals surface area contributed by atoms with E-state index in [1.807, 2.05) is 6.07 Å². The first kappa shape index (κ1) is 13.6. The van der Waals surface area contributed by atoms with Crippen molar-refractivity contribution in [2.45, 2.75) is 25.7 Å². The van der Waals surface area contributed by atoms with Gasteiger partial charge in [0.15, 0.2) is 0 Å². The molecule has 1 aromatic carbocycles. The average Bonchev–Trinajstić information content (AvgIpc) is 2.35. The fourth-order valence-corrected chi connectivity index (χ4v) is 1.57. The number of rotatable bonds is 7. The lowest BCUT2D eigenvalue weighted by atomic mass is 10.1. The summed E-state index contributed by atoms with van der Waals surface area (Å²) in [5.74, 6) is 0. The van der Waals surface area contributed by atoms with Crippen LogP contribution in [0.3, 0.4) is 0 Å². The van der Waals surface area contributed by atoms with Crippen LogP contribution in [0, 0.1) is 6.92 Å². The van der Waals surface area contributed by atoms with Crippen LogP contribution in [0.5, 0.6) is 0 Å². The van der Waals surface area contributed by atoms with E-state index in [0.29, 0.717) is 13.2 Å². The Labute approximate surface area is 103 Å². The van der Waals surface area contributed by atoms with Crippen molar-refractivity contribution >= 4 is 6.09 Å². The highest BCUT2D eigenvalue weighted by Crippen LogP contribution is 2.06. The second-order valence-corrected chi connectivity index (χ2v) is 3.86. The van der Waals surface area contributed by atoms with E-state index >= 15 is 0 Å². The van der Waals surface area contributed by atoms with E-state index in [2.05, 4.69) is 36.5 Å². The van der Waals surface area contributed by atoms with Crippen LogP contribution in [-0.4, -0.2) is 19.2 Å². The maximum absolute atomic E-state index is 10.9. The predicted molar refractivity (Wildman–Crippen MR) is 68.7 cm³/mol. The van der Waals surface area contributed by atoms with Crippen molar-refractivity contribution in [2.75, 3.05) is 13.2 Å². The summed E-state index contributed by atoms with van der Waals surface area (Å²) in [6.07, 6.45) is 3.84. The van der Waals surface area contributed by atoms with E-state index < -0.39 is 0 Å². The lowest BCUT2D eigenvalue weighted by Gasteiger charge is -2.05. The Hall–Kier alpha value is -1.51. The molecule has 1 rings (SSSR count). The standard InChI is InChI=1S/C14H20NO2/c1-2-15-14(16)17-12-8-4-7-11-13-9-5-3-6-10-13/h3,5-6,9-10H,1-2,4,7-8,11-12H2,(H,15,16). The molecule has 0 saturated carbocycles. The first-order valence-corrected chi connectivity index (χ1v) is 6.06. The van der Waals surface area contributed by atoms with Gasteiger partial charge in [-0.15, -0.1) is 0 Å². The molecule has 1 amide bonds. The molecule has 0 unspecified atom stereocenters. The van der Waals surface area contributed by atoms with E-state index in [0.717, 1.165) is 25.7 Å². The molecule has 0 aromatic heterocycles. The monoisotopic (exact) mass is 234 g/mol. The second-order valence-electron chi connectivity index (χ2n) is 3.86. The molecule has 3 nitrogen and oxygen atoms in total. The Morgan fingerprint density at radius 3 is 2.65 bits per heavy atom. The van der Waals surface area contributed by atoms with E-state index in [1.54, 1.807) is 0 Å². The third-order valence-electron chi connectivity index (χ3n) is 2.46. The molecule has 0 saturated heterocycles. The van der Waals surface area contributed by atoms with Crippen LogP contribution in [0.2, 0.25) is 0 Å². The Morgan fingerprint density at radius 2 is 1.94 bits per heavy atom. The molecule has 17 heavy (non-hydrogen) atoms. The first-order chi connectivity index (χ1) is 8.33. The Morgan fingerprint density at radius 1 is 1.18 bits per heavy atom. The van der Waals surface area contributed by atoms with Crippen molar-refractivity contribution in [3.8, 4) is 0 Å². The van der Waals surface area contributed by atoms with Gasteiger partial charge in [0, 0.05) is 6.54 Å². The van der Waals surface area contributed by atoms with E-state index in [9.17, 15) is 4.79 Å². The molecule has 0 fully saturated rings. The van der Waals surface area contributed by atoms with E-state index in [4.69, 9.17) is 4.74 Å². The van der Waals surface area contributed by atoms with Gasteiger partial charge in [-0.1, -0.05) is 30.3 Å². The van der Waals surface area contributed by atoms with Crippen molar-refractivity contribution in [3.63, 3.8) is 0 Å². The summed E-state index contributed by atoms with van der Waals surface area (Å²) in [4.78, 5) is 10.9. The third kappa shape index (κ3) is 6.61. The zero-order valence-corrected chi connectivity index (χ0v) is 10.2. The van der Waals surface area contributed by atoms with Crippen LogP contribution < -0.4 is 5.32 Å². The number of aryl methyl sites for hydroxylation is 1. The number of alkyl carbamates (subject to hydrolysis) is 1. The number of ether oxygens (including phenoxy) is 1. The number of carbonyl (C=O) groups is 1. The van der Waals surface area contributed by atoms with Crippen molar-refractivity contribution in [1.82, 2.24) is 5.32 Å². The van der Waals surface area contributed by atoms with Gasteiger partial charge in [0.2, 0.25) is 0 Å². The zero-order valence-electron chi connectivity index (χ0n) is 10.2. The summed E-state index contributed by atoms with van der Waals surface area (Å²) in [7, 11) is 0. The third-order valence-corrected chi connectivity index (χ3v) is 2.46. The average molecular weight is 234 g/mol. The minimum atomic E-state index is -0.372. The minimum Gasteiger partial charge on any atom is -0.450 e. The van der Waals surface area contributed by atoms with Crippen molar-refractivity contribution in [2.24, 2.45) is 0 Å². The second kappa shape index (κ2) is 8.62. The molecule has 1 aromatic rings. The van der Waals surface area contributed by atoms with Gasteiger partial charge >= 0.3 is 6.09 Å². The van der Waals surface area contributed by atoms with Gasteiger partial charge < -0.3 is 10.1 Å². The van der Waals surface area contributed by atoms with Crippen LogP contribution in [0.25, 0.3) is 0 Å². The molecule has 0 aliphatic rings. The van der Waals surface area contributed by atoms with Crippen molar-refractivity contribution in [3.05, 3.63) is 42.8 Å². The molecule has 0 heterocycles. The quantitative estimate of drug-likeness (QED) is 0.737. The molecule has 1 radical (unpaired) electrons. The molecule has 0 aliphatic heterocycles. The molecule has 0 spiro atoms. The summed E-state index contributed by atoms with van der Waals surface area (Å²) < 4.78 is 4.94. The smallest absolute Gasteiger partial charge is 0.407 e. The molecule has 0 aliphatic carbocycles. The van der Waals surface area contributed by atoms with Gasteiger partial charge in [-0.3, -0.25) is 0 Å². The summed E-state index contributed by atoms with van der Waals surface area (Å²) in [5.41, 5.74) is 1.36. The van der Waals surface area contributed by atoms with Gasteiger partial charge in [0.25, 0.3) is 0 Å². The van der Waals surface area contributed by atoms with Crippen LogP contribution >= 0.6 is 0 Å². The highest BCUT2D eigenvalue weighted by atomic mass is 16.5. The van der Waals surface area contributed by atoms with Gasteiger partial charge in [-0.2, -0.15) is 0 Å². The summed E-state index contributed by atoms with van der Waals surface area (Å²) in [6.45, 7) is 4.36. The molecular weight excluding hydrogens is 214 g/mol. The predicted octanol–water partition coefficient (Wildman–Crippen LogP) is 2.96. The molecular formula is C14H20NO2. The number of hydrogen-bond acceptors (Lipinski definition) is 2. The molecule has 3 heteroatoms. The minimum absolute atomic E-state index is 0.368. The lowest BCUT2D eigenvalue weighted by molar-refractivity contribution is 0.145. The number of nitrogens with one attached hydrogen (secondary N) is 1. The molecule has 0 bridgehead atoms. The van der Waals surface area contributed by atoms with Crippen LogP contribution in [0.1, 0.15) is 24.8 Å².